The van der Waals surface area contributed by atoms with Gasteiger partial charge in [-0.05, 0) is 59.2 Å². The normalized spacial score (nSPS) is 11.2. The molecule has 2 aromatic heterocycles. The number of pyridine rings is 1. The van der Waals surface area contributed by atoms with Crippen LogP contribution < -0.4 is 5.73 Å². The van der Waals surface area contributed by atoms with Crippen molar-refractivity contribution in [3.63, 3.8) is 0 Å². The fourth-order valence-electron chi connectivity index (χ4n) is 3.90. The number of fused-ring (bicyclic) bond motifs is 3. The molecule has 29 heavy (non-hydrogen) atoms. The van der Waals surface area contributed by atoms with Crippen molar-refractivity contribution in [3.05, 3.63) is 102 Å². The molecule has 0 bridgehead atoms. The Morgan fingerprint density at radius 3 is 2.48 bits per heavy atom. The van der Waals surface area contributed by atoms with Gasteiger partial charge in [0, 0.05) is 35.3 Å². The minimum absolute atomic E-state index is 0.431. The number of carbonyl (C=O) groups excluding carboxylic acids is 1. The molecule has 5 rings (SSSR count). The van der Waals surface area contributed by atoms with E-state index in [1.54, 1.807) is 18.5 Å². The van der Waals surface area contributed by atoms with Crippen LogP contribution in [0.3, 0.4) is 0 Å². The lowest BCUT2D eigenvalue weighted by atomic mass is 10.0. The maximum atomic E-state index is 12.1. The van der Waals surface area contributed by atoms with E-state index in [1.807, 2.05) is 48.5 Å². The third kappa shape index (κ3) is 2.95. The number of hydrogen-bond donors (Lipinski definition) is 1. The average Bonchev–Trinajstić information content (AvgIpc) is 3.08. The number of hydrogen-bond acceptors (Lipinski definition) is 2. The highest BCUT2D eigenvalue weighted by Crippen LogP contribution is 2.34. The van der Waals surface area contributed by atoms with Gasteiger partial charge in [-0.2, -0.15) is 0 Å². The molecule has 0 saturated carbocycles. The van der Waals surface area contributed by atoms with E-state index >= 15 is 0 Å². The second-order valence-corrected chi connectivity index (χ2v) is 7.02. The molecular formula is C25H18N3O. The highest BCUT2D eigenvalue weighted by atomic mass is 16.1. The van der Waals surface area contributed by atoms with E-state index in [-0.39, 0.29) is 0 Å². The fraction of sp³-hybridized carbons (Fsp3) is 0.0400. The maximum absolute atomic E-state index is 12.1. The predicted molar refractivity (Wildman–Crippen MR) is 116 cm³/mol. The summed E-state index contributed by atoms with van der Waals surface area (Å²) in [5.74, 6) is -0.431. The molecule has 0 unspecified atom stereocenters. The second kappa shape index (κ2) is 6.91. The number of carbonyl (C=O) groups is 1. The minimum atomic E-state index is -0.431. The third-order valence-corrected chi connectivity index (χ3v) is 5.26. The molecule has 1 radical (unpaired) electrons. The van der Waals surface area contributed by atoms with Gasteiger partial charge in [0.25, 0.3) is 0 Å². The zero-order valence-electron chi connectivity index (χ0n) is 15.7. The van der Waals surface area contributed by atoms with Crippen molar-refractivity contribution in [2.24, 2.45) is 5.73 Å². The van der Waals surface area contributed by atoms with Gasteiger partial charge in [0.2, 0.25) is 5.91 Å². The van der Waals surface area contributed by atoms with E-state index in [9.17, 15) is 4.79 Å². The van der Waals surface area contributed by atoms with Crippen LogP contribution in [0.5, 0.6) is 0 Å². The Morgan fingerprint density at radius 1 is 0.931 bits per heavy atom. The number of rotatable bonds is 4. The van der Waals surface area contributed by atoms with Crippen LogP contribution in [-0.2, 0) is 6.54 Å². The molecule has 0 aliphatic rings. The highest BCUT2D eigenvalue weighted by Gasteiger charge is 2.17. The summed E-state index contributed by atoms with van der Waals surface area (Å²) in [4.78, 5) is 16.2. The molecule has 0 saturated heterocycles. The second-order valence-electron chi connectivity index (χ2n) is 7.02. The molecule has 0 fully saturated rings. The molecule has 0 aliphatic carbocycles. The average molecular weight is 376 g/mol. The van der Waals surface area contributed by atoms with Crippen molar-refractivity contribution < 1.29 is 4.79 Å². The Hall–Kier alpha value is -3.92. The zero-order valence-corrected chi connectivity index (χ0v) is 15.7. The number of primary amides is 1. The molecule has 139 valence electrons. The molecule has 3 aromatic carbocycles. The minimum Gasteiger partial charge on any atom is -0.366 e. The molecule has 2 N–H and O–H groups in total. The first-order valence-electron chi connectivity index (χ1n) is 9.43. The van der Waals surface area contributed by atoms with Gasteiger partial charge in [-0.3, -0.25) is 9.78 Å². The maximum Gasteiger partial charge on any atom is 0.249 e. The SMILES string of the molecule is NC(=O)c1cccc2c1c1[c]cc(-c3ccccc3)cc1n2Cc1ccncc1. The van der Waals surface area contributed by atoms with E-state index in [2.05, 4.69) is 33.8 Å². The first kappa shape index (κ1) is 17.2. The Balaban J connectivity index is 1.82. The monoisotopic (exact) mass is 376 g/mol. The summed E-state index contributed by atoms with van der Waals surface area (Å²) in [6.07, 6.45) is 3.58. The van der Waals surface area contributed by atoms with Crippen LogP contribution in [0.15, 0.2) is 85.2 Å². The summed E-state index contributed by atoms with van der Waals surface area (Å²) in [5, 5.41) is 1.76. The Bertz CT molecular complexity index is 1340. The van der Waals surface area contributed by atoms with Crippen LogP contribution in [0, 0.1) is 6.07 Å². The van der Waals surface area contributed by atoms with Crippen LogP contribution in [-0.4, -0.2) is 15.5 Å². The van der Waals surface area contributed by atoms with E-state index in [4.69, 9.17) is 5.73 Å². The lowest BCUT2D eigenvalue weighted by Gasteiger charge is -2.09. The van der Waals surface area contributed by atoms with Crippen molar-refractivity contribution in [3.8, 4) is 11.1 Å². The molecule has 5 aromatic rings. The van der Waals surface area contributed by atoms with Crippen LogP contribution in [0.4, 0.5) is 0 Å². The van der Waals surface area contributed by atoms with Crippen molar-refractivity contribution >= 4 is 27.7 Å². The number of benzene rings is 3. The van der Waals surface area contributed by atoms with E-state index < -0.39 is 5.91 Å². The third-order valence-electron chi connectivity index (χ3n) is 5.26. The van der Waals surface area contributed by atoms with Crippen molar-refractivity contribution in [1.29, 1.82) is 0 Å². The molecule has 4 nitrogen and oxygen atoms in total. The van der Waals surface area contributed by atoms with Gasteiger partial charge in [0.05, 0.1) is 11.0 Å². The van der Waals surface area contributed by atoms with Gasteiger partial charge in [-0.25, -0.2) is 0 Å². The Morgan fingerprint density at radius 2 is 1.72 bits per heavy atom. The van der Waals surface area contributed by atoms with Crippen LogP contribution >= 0.6 is 0 Å². The van der Waals surface area contributed by atoms with Gasteiger partial charge in [-0.1, -0.05) is 36.4 Å². The smallest absolute Gasteiger partial charge is 0.249 e. The number of nitrogens with zero attached hydrogens (tertiary/aromatic N) is 2. The van der Waals surface area contributed by atoms with Gasteiger partial charge in [-0.15, -0.1) is 0 Å². The molecule has 0 aliphatic heterocycles. The summed E-state index contributed by atoms with van der Waals surface area (Å²) in [6.45, 7) is 0.664. The van der Waals surface area contributed by atoms with Crippen LogP contribution in [0.25, 0.3) is 32.9 Å². The van der Waals surface area contributed by atoms with Crippen LogP contribution in [0.1, 0.15) is 15.9 Å². The standard InChI is InChI=1S/C25H18N3O/c26-25(29)21-7-4-8-22-24(21)20-10-9-19(18-5-2-1-3-6-18)15-23(20)28(22)16-17-11-13-27-14-12-17/h1-9,11-15H,16H2,(H2,26,29). The summed E-state index contributed by atoms with van der Waals surface area (Å²) < 4.78 is 2.22. The van der Waals surface area contributed by atoms with Crippen molar-refractivity contribution in [2.75, 3.05) is 0 Å². The lowest BCUT2D eigenvalue weighted by Crippen LogP contribution is -2.11. The first-order chi connectivity index (χ1) is 14.2. The number of nitrogens with two attached hydrogens (primary N) is 1. The topological polar surface area (TPSA) is 60.9 Å². The first-order valence-corrected chi connectivity index (χ1v) is 9.43. The largest absolute Gasteiger partial charge is 0.366 e. The summed E-state index contributed by atoms with van der Waals surface area (Å²) in [6, 6.07) is 27.5. The molecule has 0 spiro atoms. The van der Waals surface area contributed by atoms with Crippen molar-refractivity contribution in [2.45, 2.75) is 6.54 Å². The predicted octanol–water partition coefficient (Wildman–Crippen LogP) is 4.80. The number of aromatic nitrogens is 2. The Kier molecular flexibility index (Phi) is 4.10. The van der Waals surface area contributed by atoms with E-state index in [0.29, 0.717) is 12.1 Å². The van der Waals surface area contributed by atoms with Gasteiger partial charge >= 0.3 is 0 Å². The van der Waals surface area contributed by atoms with E-state index in [0.717, 1.165) is 38.5 Å². The molecule has 0 atom stereocenters. The summed E-state index contributed by atoms with van der Waals surface area (Å²) in [7, 11) is 0. The summed E-state index contributed by atoms with van der Waals surface area (Å²) >= 11 is 0. The van der Waals surface area contributed by atoms with Gasteiger partial charge in [0.1, 0.15) is 0 Å². The lowest BCUT2D eigenvalue weighted by molar-refractivity contribution is 0.100. The van der Waals surface area contributed by atoms with Crippen molar-refractivity contribution in [1.82, 2.24) is 9.55 Å². The number of amides is 1. The van der Waals surface area contributed by atoms with Crippen LogP contribution in [0.2, 0.25) is 0 Å². The molecule has 2 heterocycles. The van der Waals surface area contributed by atoms with Gasteiger partial charge < -0.3 is 10.3 Å². The zero-order chi connectivity index (χ0) is 19.8. The molecular weight excluding hydrogens is 358 g/mol. The highest BCUT2D eigenvalue weighted by molar-refractivity contribution is 6.18. The van der Waals surface area contributed by atoms with Gasteiger partial charge in [0.15, 0.2) is 0 Å². The molecule has 1 amide bonds. The Labute approximate surface area is 168 Å². The fourth-order valence-corrected chi connectivity index (χ4v) is 3.90. The molecule has 4 heteroatoms. The van der Waals surface area contributed by atoms with E-state index in [1.165, 1.54) is 0 Å². The quantitative estimate of drug-likeness (QED) is 0.490. The summed E-state index contributed by atoms with van der Waals surface area (Å²) in [5.41, 5.74) is 11.5.